The maximum Gasteiger partial charge on any atom is 0.307 e. The smallest absolute Gasteiger partial charge is 0.307 e. The van der Waals surface area contributed by atoms with Crippen LogP contribution < -0.4 is 0 Å². The average Bonchev–Trinajstić information content (AvgIpc) is 2.10. The molecule has 0 heterocycles. The second-order valence-electron chi connectivity index (χ2n) is 2.60. The molecule has 6 heteroatoms. The van der Waals surface area contributed by atoms with Crippen LogP contribution in [0.3, 0.4) is 0 Å². The minimum atomic E-state index is -1.20. The van der Waals surface area contributed by atoms with E-state index in [0.29, 0.717) is 0 Å². The second-order valence-corrected chi connectivity index (χ2v) is 3.39. The van der Waals surface area contributed by atoms with Gasteiger partial charge < -0.3 is 15.3 Å². The summed E-state index contributed by atoms with van der Waals surface area (Å²) in [7, 11) is 0. The third kappa shape index (κ3) is 1.95. The van der Waals surface area contributed by atoms with Crippen LogP contribution >= 0.6 is 15.9 Å². The van der Waals surface area contributed by atoms with Crippen molar-refractivity contribution in [1.29, 1.82) is 0 Å². The molecule has 14 heavy (non-hydrogen) atoms. The molecule has 0 radical (unpaired) electrons. The molecule has 0 unspecified atom stereocenters. The van der Waals surface area contributed by atoms with E-state index in [0.717, 1.165) is 6.07 Å². The van der Waals surface area contributed by atoms with Crippen LogP contribution in [0.1, 0.15) is 5.56 Å². The Morgan fingerprint density at radius 2 is 2.00 bits per heavy atom. The fourth-order valence-electron chi connectivity index (χ4n) is 0.945. The summed E-state index contributed by atoms with van der Waals surface area (Å²) in [5, 5.41) is 26.8. The fraction of sp³-hybridized carbons (Fsp3) is 0.125. The molecule has 0 saturated heterocycles. The second kappa shape index (κ2) is 3.83. The van der Waals surface area contributed by atoms with E-state index in [1.165, 1.54) is 0 Å². The molecule has 0 bridgehead atoms. The molecule has 0 aliphatic carbocycles. The molecule has 0 fully saturated rings. The number of phenols is 2. The molecule has 76 valence electrons. The van der Waals surface area contributed by atoms with Crippen LogP contribution in [0, 0.1) is 5.82 Å². The molecule has 0 spiro atoms. The zero-order valence-electron chi connectivity index (χ0n) is 6.79. The summed E-state index contributed by atoms with van der Waals surface area (Å²) in [5.41, 5.74) is -0.0975. The lowest BCUT2D eigenvalue weighted by atomic mass is 10.1. The van der Waals surface area contributed by atoms with Gasteiger partial charge in [0.2, 0.25) is 0 Å². The van der Waals surface area contributed by atoms with Crippen LogP contribution in [-0.4, -0.2) is 21.3 Å². The number of phenolic OH excluding ortho intramolecular Hbond substituents is 2. The Morgan fingerprint density at radius 1 is 1.43 bits per heavy atom. The van der Waals surface area contributed by atoms with Gasteiger partial charge in [0, 0.05) is 5.56 Å². The molecule has 1 aromatic rings. The van der Waals surface area contributed by atoms with Gasteiger partial charge in [-0.3, -0.25) is 4.79 Å². The van der Waals surface area contributed by atoms with Gasteiger partial charge in [0.05, 0.1) is 6.42 Å². The SMILES string of the molecule is O=C(O)Cc1cc(F)c(O)c(Br)c1O. The van der Waals surface area contributed by atoms with E-state index in [1.54, 1.807) is 0 Å². The molecule has 0 aliphatic rings. The Balaban J connectivity index is 3.25. The molecule has 1 aromatic carbocycles. The molecule has 0 atom stereocenters. The van der Waals surface area contributed by atoms with Crippen molar-refractivity contribution < 1.29 is 24.5 Å². The predicted molar refractivity (Wildman–Crippen MR) is 48.8 cm³/mol. The number of aliphatic carboxylic acids is 1. The van der Waals surface area contributed by atoms with Crippen LogP contribution in [0.25, 0.3) is 0 Å². The van der Waals surface area contributed by atoms with Crippen molar-refractivity contribution in [3.8, 4) is 11.5 Å². The van der Waals surface area contributed by atoms with E-state index in [9.17, 15) is 14.3 Å². The van der Waals surface area contributed by atoms with E-state index >= 15 is 0 Å². The Morgan fingerprint density at radius 3 is 2.50 bits per heavy atom. The summed E-state index contributed by atoms with van der Waals surface area (Å²) in [6, 6.07) is 0.781. The summed E-state index contributed by atoms with van der Waals surface area (Å²) in [4.78, 5) is 10.3. The first-order valence-corrected chi connectivity index (χ1v) is 4.33. The van der Waals surface area contributed by atoms with Crippen LogP contribution in [0.5, 0.6) is 11.5 Å². The molecule has 0 aromatic heterocycles. The van der Waals surface area contributed by atoms with Crippen molar-refractivity contribution in [3.05, 3.63) is 21.9 Å². The van der Waals surface area contributed by atoms with Crippen molar-refractivity contribution in [3.63, 3.8) is 0 Å². The van der Waals surface area contributed by atoms with Gasteiger partial charge in [-0.25, -0.2) is 4.39 Å². The number of hydrogen-bond acceptors (Lipinski definition) is 3. The Kier molecular flexibility index (Phi) is 2.95. The summed E-state index contributed by atoms with van der Waals surface area (Å²) in [5.74, 6) is -3.38. The largest absolute Gasteiger partial charge is 0.506 e. The lowest BCUT2D eigenvalue weighted by molar-refractivity contribution is -0.136. The van der Waals surface area contributed by atoms with Crippen LogP contribution in [0.15, 0.2) is 10.5 Å². The summed E-state index contributed by atoms with van der Waals surface area (Å²) >= 11 is 2.74. The van der Waals surface area contributed by atoms with Crippen molar-refractivity contribution >= 4 is 21.9 Å². The molecular weight excluding hydrogens is 259 g/mol. The van der Waals surface area contributed by atoms with Gasteiger partial charge in [-0.1, -0.05) is 0 Å². The molecule has 1 rings (SSSR count). The third-order valence-corrected chi connectivity index (χ3v) is 2.34. The molecule has 4 nitrogen and oxygen atoms in total. The van der Waals surface area contributed by atoms with Crippen LogP contribution in [0.4, 0.5) is 4.39 Å². The fourth-order valence-corrected chi connectivity index (χ4v) is 1.39. The zero-order valence-corrected chi connectivity index (χ0v) is 8.38. The lowest BCUT2D eigenvalue weighted by Crippen LogP contribution is -2.01. The maximum absolute atomic E-state index is 12.9. The number of halogens is 2. The highest BCUT2D eigenvalue weighted by Crippen LogP contribution is 2.37. The highest BCUT2D eigenvalue weighted by atomic mass is 79.9. The number of carboxylic acid groups (broad SMARTS) is 1. The standard InChI is InChI=1S/C8H6BrFO4/c9-6-7(13)3(2-5(11)12)1-4(10)8(6)14/h1,13-14H,2H2,(H,11,12). The minimum Gasteiger partial charge on any atom is -0.506 e. The third-order valence-electron chi connectivity index (χ3n) is 1.59. The first kappa shape index (κ1) is 10.8. The number of carbonyl (C=O) groups is 1. The Hall–Kier alpha value is -1.30. The summed E-state index contributed by atoms with van der Waals surface area (Å²) < 4.78 is 12.6. The van der Waals surface area contributed by atoms with E-state index in [2.05, 4.69) is 15.9 Å². The molecular formula is C8H6BrFO4. The molecule has 0 saturated carbocycles. The van der Waals surface area contributed by atoms with Crippen molar-refractivity contribution in [1.82, 2.24) is 0 Å². The van der Waals surface area contributed by atoms with E-state index in [-0.39, 0.29) is 10.0 Å². The number of carboxylic acids is 1. The first-order chi connectivity index (χ1) is 6.43. The number of aromatic hydroxyl groups is 2. The van der Waals surface area contributed by atoms with Gasteiger partial charge in [-0.05, 0) is 22.0 Å². The number of rotatable bonds is 2. The van der Waals surface area contributed by atoms with Gasteiger partial charge >= 0.3 is 5.97 Å². The summed E-state index contributed by atoms with van der Waals surface area (Å²) in [6.45, 7) is 0. The van der Waals surface area contributed by atoms with Crippen LogP contribution in [0.2, 0.25) is 0 Å². The average molecular weight is 265 g/mol. The van der Waals surface area contributed by atoms with E-state index < -0.39 is 29.7 Å². The highest BCUT2D eigenvalue weighted by molar-refractivity contribution is 9.10. The van der Waals surface area contributed by atoms with Crippen molar-refractivity contribution in [2.45, 2.75) is 6.42 Å². The van der Waals surface area contributed by atoms with Gasteiger partial charge in [-0.2, -0.15) is 0 Å². The van der Waals surface area contributed by atoms with E-state index in [4.69, 9.17) is 10.2 Å². The normalized spacial score (nSPS) is 10.1. The minimum absolute atomic E-state index is 0.0975. The van der Waals surface area contributed by atoms with Gasteiger partial charge in [0.1, 0.15) is 10.2 Å². The maximum atomic E-state index is 12.9. The molecule has 0 amide bonds. The summed E-state index contributed by atoms with van der Waals surface area (Å²) in [6.07, 6.45) is -0.512. The molecule has 3 N–H and O–H groups in total. The van der Waals surface area contributed by atoms with Crippen molar-refractivity contribution in [2.75, 3.05) is 0 Å². The Bertz CT molecular complexity index is 391. The monoisotopic (exact) mass is 264 g/mol. The first-order valence-electron chi connectivity index (χ1n) is 3.54. The topological polar surface area (TPSA) is 77.8 Å². The van der Waals surface area contributed by atoms with Gasteiger partial charge in [-0.15, -0.1) is 0 Å². The van der Waals surface area contributed by atoms with Crippen molar-refractivity contribution in [2.24, 2.45) is 0 Å². The lowest BCUT2D eigenvalue weighted by Gasteiger charge is -2.06. The number of hydrogen-bond donors (Lipinski definition) is 3. The van der Waals surface area contributed by atoms with Crippen LogP contribution in [-0.2, 0) is 11.2 Å². The highest BCUT2D eigenvalue weighted by Gasteiger charge is 2.16. The van der Waals surface area contributed by atoms with Gasteiger partial charge in [0.25, 0.3) is 0 Å². The van der Waals surface area contributed by atoms with E-state index in [1.807, 2.05) is 0 Å². The predicted octanol–water partition coefficient (Wildman–Crippen LogP) is 1.63. The quantitative estimate of drug-likeness (QED) is 0.759. The molecule has 0 aliphatic heterocycles. The van der Waals surface area contributed by atoms with Gasteiger partial charge in [0.15, 0.2) is 11.6 Å². The Labute approximate surface area is 86.7 Å². The zero-order chi connectivity index (χ0) is 10.9. The number of benzene rings is 1.